The number of ether oxygens (including phenoxy) is 4. The summed E-state index contributed by atoms with van der Waals surface area (Å²) >= 11 is 0. The normalized spacial score (nSPS) is 14.1. The highest BCUT2D eigenvalue weighted by Crippen LogP contribution is 2.59. The third kappa shape index (κ3) is 16.9. The highest BCUT2D eigenvalue weighted by molar-refractivity contribution is 6.12. The quantitative estimate of drug-likeness (QED) is 0.0365. The summed E-state index contributed by atoms with van der Waals surface area (Å²) in [6.07, 6.45) is 14.3. The number of fused-ring (bicyclic) bond motifs is 12. The molecule has 2 aliphatic carbocycles. The number of anilines is 6. The fourth-order valence-electron chi connectivity index (χ4n) is 21.3. The van der Waals surface area contributed by atoms with Gasteiger partial charge in [-0.3, -0.25) is 0 Å². The molecule has 2 atom stereocenters. The van der Waals surface area contributed by atoms with Gasteiger partial charge in [0.1, 0.15) is 11.5 Å². The maximum atomic E-state index is 6.44. The molecule has 0 saturated carbocycles. The van der Waals surface area contributed by atoms with Crippen molar-refractivity contribution >= 4 is 89.9 Å². The first-order valence-electron chi connectivity index (χ1n) is 47.7. The lowest BCUT2D eigenvalue weighted by Crippen LogP contribution is -2.27. The lowest BCUT2D eigenvalue weighted by molar-refractivity contribution is 0.105. The predicted molar refractivity (Wildman–Crippen MR) is 558 cm³/mol. The monoisotopic (exact) mass is 1740 g/mol. The molecule has 0 saturated heterocycles. The number of aryl methyl sites for hydroxylation is 2. The number of rotatable bonds is 36. The van der Waals surface area contributed by atoms with Crippen LogP contribution in [0.4, 0.5) is 34.1 Å². The van der Waals surface area contributed by atoms with Crippen LogP contribution in [0.2, 0.25) is 0 Å². The second-order valence-corrected chi connectivity index (χ2v) is 36.3. The van der Waals surface area contributed by atoms with Crippen molar-refractivity contribution in [3.8, 4) is 45.1 Å². The largest absolute Gasteiger partial charge is 0.494 e. The van der Waals surface area contributed by atoms with E-state index in [2.05, 4.69) is 422 Å². The summed E-state index contributed by atoms with van der Waals surface area (Å²) in [7, 11) is 0. The van der Waals surface area contributed by atoms with Gasteiger partial charge in [-0.2, -0.15) is 0 Å². The van der Waals surface area contributed by atoms with E-state index in [0.29, 0.717) is 39.6 Å². The van der Waals surface area contributed by atoms with Gasteiger partial charge in [0.15, 0.2) is 0 Å². The van der Waals surface area contributed by atoms with Gasteiger partial charge >= 0.3 is 0 Å². The van der Waals surface area contributed by atoms with Crippen molar-refractivity contribution in [2.75, 3.05) is 23.0 Å². The minimum atomic E-state index is -0.348. The van der Waals surface area contributed by atoms with Gasteiger partial charge in [-0.1, -0.05) is 319 Å². The molecule has 17 aromatic carbocycles. The van der Waals surface area contributed by atoms with Crippen LogP contribution in [0.3, 0.4) is 0 Å². The van der Waals surface area contributed by atoms with Crippen molar-refractivity contribution in [1.82, 2.24) is 9.13 Å². The highest BCUT2D eigenvalue weighted by atomic mass is 16.5. The molecule has 2 heterocycles. The van der Waals surface area contributed by atoms with E-state index in [1.54, 1.807) is 0 Å². The molecule has 0 N–H and O–H groups in total. The molecular formula is C126H110N4O4. The standard InChI is InChI=1S/C126H110N4O4/c1-5-91-55-67-107(68-56-91)133-77-27-9-7-25-75-125(97-33-13-11-14-34-97)117-43-21-17-39-109(117)111-71-63-105(83-119(111)125)127(101-37-29-31-89(3)79-101)103-65-73-123-115(81-103)113-41-19-23-45-121(113)129(123)99-59-51-95(52-60-99)87-131-85-93-47-49-94(50-48-93)86-132-88-96-53-61-100(62-54-96)130-122-46-24-20-42-114(122)116-82-104(66-74-124(116)130)128(102-38-30-32-90(4)80-102)106-64-72-112-110-40-18-22-44-118(110)126(120(112)84-106,98-35-15-12-16-36-98)76-26-8-10-28-78-134-108-69-57-92(6-2)58-70-108/h5-6,11-24,29-74,79-84H,1-2,7-10,25-28,75-78,85-88H2,3-4H3. The fraction of sp³-hybridized carbons (Fsp3) is 0.159. The minimum Gasteiger partial charge on any atom is -0.494 e. The van der Waals surface area contributed by atoms with Crippen LogP contribution < -0.4 is 19.3 Å². The average molecular weight is 1740 g/mol. The molecule has 0 amide bonds. The summed E-state index contributed by atoms with van der Waals surface area (Å²) in [5, 5.41) is 4.79. The Hall–Kier alpha value is -15.1. The molecule has 2 unspecified atom stereocenters. The Kier molecular flexibility index (Phi) is 24.6. The molecule has 134 heavy (non-hydrogen) atoms. The SMILES string of the molecule is C=Cc1ccc(OCCCCCCC2(c3ccccc3)c3ccccc3-c3ccc(N(c4cccc(C)c4)c4ccc5c(c4)c4ccccc4n5-c4ccc(COCc5ccc(COCc6ccc(-n7c8ccccc8c8cc(N(c9cccc(C)c9)c9ccc%10c(c9)C(CCCCCCOc9ccc(C=C)cc9)(c9ccccc9)c9ccccc9-%10)ccc87)cc6)cc5)cc4)cc32)cc1. The van der Waals surface area contributed by atoms with Crippen molar-refractivity contribution in [1.29, 1.82) is 0 Å². The van der Waals surface area contributed by atoms with E-state index in [1.807, 2.05) is 36.4 Å². The van der Waals surface area contributed by atoms with E-state index in [1.165, 1.54) is 88.3 Å². The summed E-state index contributed by atoms with van der Waals surface area (Å²) in [4.78, 5) is 4.95. The second kappa shape index (κ2) is 38.4. The van der Waals surface area contributed by atoms with Crippen LogP contribution in [0.15, 0.2) is 414 Å². The van der Waals surface area contributed by atoms with E-state index in [4.69, 9.17) is 18.9 Å². The van der Waals surface area contributed by atoms with Gasteiger partial charge in [-0.15, -0.1) is 0 Å². The zero-order valence-electron chi connectivity index (χ0n) is 76.4. The summed E-state index contributed by atoms with van der Waals surface area (Å²) in [5.74, 6) is 1.81. The Balaban J connectivity index is 0.476. The maximum absolute atomic E-state index is 6.44. The van der Waals surface area contributed by atoms with Crippen molar-refractivity contribution in [3.63, 3.8) is 0 Å². The number of nitrogens with zero attached hydrogens (tertiary/aromatic N) is 4. The van der Waals surface area contributed by atoms with Gasteiger partial charge in [0.05, 0.1) is 61.7 Å². The number of hydrogen-bond donors (Lipinski definition) is 0. The van der Waals surface area contributed by atoms with E-state index in [0.717, 1.165) is 177 Å². The van der Waals surface area contributed by atoms with Crippen LogP contribution in [0.5, 0.6) is 11.5 Å². The molecule has 8 nitrogen and oxygen atoms in total. The van der Waals surface area contributed by atoms with Gasteiger partial charge in [-0.05, 0) is 285 Å². The van der Waals surface area contributed by atoms with Crippen LogP contribution in [0.25, 0.3) is 89.4 Å². The third-order valence-corrected chi connectivity index (χ3v) is 27.8. The zero-order chi connectivity index (χ0) is 90.3. The molecule has 19 aromatic rings. The molecule has 0 radical (unpaired) electrons. The maximum Gasteiger partial charge on any atom is 0.119 e. The average Bonchev–Trinajstić information content (AvgIpc) is 1.53. The predicted octanol–water partition coefficient (Wildman–Crippen LogP) is 32.8. The summed E-state index contributed by atoms with van der Waals surface area (Å²) in [6, 6.07) is 148. The molecule has 0 aliphatic heterocycles. The van der Waals surface area contributed by atoms with Crippen LogP contribution in [-0.4, -0.2) is 22.3 Å². The van der Waals surface area contributed by atoms with Gasteiger partial charge in [0.25, 0.3) is 0 Å². The topological polar surface area (TPSA) is 53.3 Å². The second-order valence-electron chi connectivity index (χ2n) is 36.3. The first-order chi connectivity index (χ1) is 66.1. The molecule has 0 bridgehead atoms. The fourth-order valence-corrected chi connectivity index (χ4v) is 21.3. The Morgan fingerprint density at radius 3 is 1.01 bits per heavy atom. The zero-order valence-corrected chi connectivity index (χ0v) is 76.4. The molecule has 21 rings (SSSR count). The molecular weight excluding hydrogens is 1630 g/mol. The molecule has 0 fully saturated rings. The van der Waals surface area contributed by atoms with Crippen molar-refractivity contribution in [3.05, 3.63) is 491 Å². The van der Waals surface area contributed by atoms with Crippen molar-refractivity contribution in [2.24, 2.45) is 0 Å². The Bertz CT molecular complexity index is 7000. The first-order valence-corrected chi connectivity index (χ1v) is 47.7. The van der Waals surface area contributed by atoms with Gasteiger partial charge < -0.3 is 37.9 Å². The summed E-state index contributed by atoms with van der Waals surface area (Å²) in [6.45, 7) is 15.6. The number of benzene rings is 17. The number of aromatic nitrogens is 2. The molecule has 658 valence electrons. The van der Waals surface area contributed by atoms with Crippen LogP contribution >= 0.6 is 0 Å². The Morgan fingerprint density at radius 2 is 0.604 bits per heavy atom. The molecule has 8 heteroatoms. The van der Waals surface area contributed by atoms with Gasteiger partial charge in [0.2, 0.25) is 0 Å². The molecule has 2 aliphatic rings. The Morgan fingerprint density at radius 1 is 0.269 bits per heavy atom. The van der Waals surface area contributed by atoms with Gasteiger partial charge in [-0.25, -0.2) is 0 Å². The number of hydrogen-bond acceptors (Lipinski definition) is 6. The van der Waals surface area contributed by atoms with E-state index < -0.39 is 0 Å². The Labute approximate surface area is 787 Å². The summed E-state index contributed by atoms with van der Waals surface area (Å²) < 4.78 is 30.1. The number of unbranched alkanes of at least 4 members (excludes halogenated alkanes) is 6. The number of para-hydroxylation sites is 2. The van der Waals surface area contributed by atoms with E-state index in [9.17, 15) is 0 Å². The first kappa shape index (κ1) is 85.7. The van der Waals surface area contributed by atoms with Crippen LogP contribution in [-0.2, 0) is 46.7 Å². The minimum absolute atomic E-state index is 0.348. The van der Waals surface area contributed by atoms with Crippen molar-refractivity contribution < 1.29 is 18.9 Å². The van der Waals surface area contributed by atoms with Crippen molar-refractivity contribution in [2.45, 2.75) is 115 Å². The molecule has 0 spiro atoms. The third-order valence-electron chi connectivity index (χ3n) is 27.8. The smallest absolute Gasteiger partial charge is 0.119 e. The molecule has 2 aromatic heterocycles. The highest BCUT2D eigenvalue weighted by Gasteiger charge is 2.46. The van der Waals surface area contributed by atoms with Crippen LogP contribution in [0.1, 0.15) is 142 Å². The van der Waals surface area contributed by atoms with E-state index >= 15 is 0 Å². The summed E-state index contributed by atoms with van der Waals surface area (Å²) in [5.41, 5.74) is 35.2. The van der Waals surface area contributed by atoms with E-state index in [-0.39, 0.29) is 10.8 Å². The van der Waals surface area contributed by atoms with Gasteiger partial charge in [0, 0.05) is 77.9 Å². The van der Waals surface area contributed by atoms with Crippen LogP contribution in [0, 0.1) is 13.8 Å². The lowest BCUT2D eigenvalue weighted by atomic mass is 9.69. The lowest BCUT2D eigenvalue weighted by Gasteiger charge is -2.34.